The van der Waals surface area contributed by atoms with Gasteiger partial charge in [0.15, 0.2) is 17.3 Å². The van der Waals surface area contributed by atoms with Gasteiger partial charge in [0.1, 0.15) is 6.10 Å². The molecule has 3 heterocycles. The van der Waals surface area contributed by atoms with Gasteiger partial charge in [0.05, 0.1) is 6.61 Å². The number of fused-ring (bicyclic) bond motifs is 1. The van der Waals surface area contributed by atoms with E-state index in [0.717, 1.165) is 29.9 Å². The van der Waals surface area contributed by atoms with Gasteiger partial charge in [0, 0.05) is 30.9 Å². The van der Waals surface area contributed by atoms with Crippen LogP contribution in [0, 0.1) is 6.92 Å². The summed E-state index contributed by atoms with van der Waals surface area (Å²) >= 11 is 0. The largest absolute Gasteiger partial charge is 0.454 e. The van der Waals surface area contributed by atoms with Crippen molar-refractivity contribution in [2.75, 3.05) is 31.8 Å². The highest BCUT2D eigenvalue weighted by atomic mass is 16.7. The van der Waals surface area contributed by atoms with Crippen LogP contribution < -0.4 is 14.8 Å². The Balaban J connectivity index is 1.30. The Morgan fingerprint density at radius 3 is 2.90 bits per heavy atom. The van der Waals surface area contributed by atoms with Crippen molar-refractivity contribution in [2.24, 2.45) is 0 Å². The summed E-state index contributed by atoms with van der Waals surface area (Å²) in [6, 6.07) is 15.9. The normalized spacial score (nSPS) is 18.2. The Morgan fingerprint density at radius 1 is 1.19 bits per heavy atom. The average molecular weight is 420 g/mol. The van der Waals surface area contributed by atoms with E-state index in [1.54, 1.807) is 0 Å². The van der Waals surface area contributed by atoms with Crippen LogP contribution in [0.4, 0.5) is 5.82 Å². The fraction of sp³-hybridized carbons (Fsp3) is 0.304. The topological polar surface area (TPSA) is 88.7 Å². The van der Waals surface area contributed by atoms with E-state index in [9.17, 15) is 4.79 Å². The first-order valence-corrected chi connectivity index (χ1v) is 10.3. The summed E-state index contributed by atoms with van der Waals surface area (Å²) < 4.78 is 16.6. The molecule has 0 radical (unpaired) electrons. The van der Waals surface area contributed by atoms with Gasteiger partial charge in [0.25, 0.3) is 5.91 Å². The van der Waals surface area contributed by atoms with Gasteiger partial charge >= 0.3 is 0 Å². The van der Waals surface area contributed by atoms with Crippen LogP contribution in [0.25, 0.3) is 11.1 Å². The highest BCUT2D eigenvalue weighted by Gasteiger charge is 2.28. The fourth-order valence-electron chi connectivity index (χ4n) is 3.97. The molecule has 3 aromatic rings. The number of nitrogens with one attached hydrogen (secondary N) is 2. The van der Waals surface area contributed by atoms with Gasteiger partial charge in [-0.25, -0.2) is 0 Å². The minimum absolute atomic E-state index is 0.203. The van der Waals surface area contributed by atoms with Gasteiger partial charge in [-0.2, -0.15) is 5.10 Å². The predicted octanol–water partition coefficient (Wildman–Crippen LogP) is 2.95. The lowest BCUT2D eigenvalue weighted by Crippen LogP contribution is -2.47. The molecule has 1 atom stereocenters. The lowest BCUT2D eigenvalue weighted by molar-refractivity contribution is -0.133. The number of morpholine rings is 1. The van der Waals surface area contributed by atoms with Crippen molar-refractivity contribution in [3.8, 4) is 22.6 Å². The minimum atomic E-state index is -0.556. The summed E-state index contributed by atoms with van der Waals surface area (Å²) in [6.07, 6.45) is -0.556. The number of aromatic amines is 1. The van der Waals surface area contributed by atoms with Gasteiger partial charge in [0.2, 0.25) is 6.79 Å². The van der Waals surface area contributed by atoms with Crippen LogP contribution in [0.5, 0.6) is 11.5 Å². The molecule has 0 aliphatic carbocycles. The summed E-state index contributed by atoms with van der Waals surface area (Å²) in [6.45, 7) is 4.76. The maximum Gasteiger partial charge on any atom is 0.256 e. The Kier molecular flexibility index (Phi) is 5.31. The molecule has 1 fully saturated rings. The van der Waals surface area contributed by atoms with E-state index in [1.807, 2.05) is 43.3 Å². The number of rotatable bonds is 5. The second-order valence-corrected chi connectivity index (χ2v) is 7.71. The first-order valence-electron chi connectivity index (χ1n) is 10.3. The number of hydrogen-bond donors (Lipinski definition) is 2. The third kappa shape index (κ3) is 4.12. The monoisotopic (exact) mass is 420 g/mol. The highest BCUT2D eigenvalue weighted by Crippen LogP contribution is 2.38. The number of aryl methyl sites for hydroxylation is 1. The number of nitrogens with zero attached hydrogens (tertiary/aromatic N) is 2. The number of amides is 1. The smallest absolute Gasteiger partial charge is 0.256 e. The van der Waals surface area contributed by atoms with Crippen molar-refractivity contribution in [1.82, 2.24) is 15.1 Å². The lowest BCUT2D eigenvalue weighted by Gasteiger charge is -2.32. The molecule has 0 unspecified atom stereocenters. The van der Waals surface area contributed by atoms with E-state index in [4.69, 9.17) is 14.2 Å². The summed E-state index contributed by atoms with van der Waals surface area (Å²) in [5.41, 5.74) is 3.78. The molecule has 160 valence electrons. The number of benzene rings is 2. The number of ether oxygens (including phenoxy) is 3. The van der Waals surface area contributed by atoms with E-state index < -0.39 is 6.10 Å². The van der Waals surface area contributed by atoms with Crippen molar-refractivity contribution in [2.45, 2.75) is 19.6 Å². The summed E-state index contributed by atoms with van der Waals surface area (Å²) in [7, 11) is 0. The molecule has 0 saturated carbocycles. The van der Waals surface area contributed by atoms with E-state index >= 15 is 0 Å². The summed E-state index contributed by atoms with van der Waals surface area (Å²) in [5.74, 6) is 1.67. The summed E-state index contributed by atoms with van der Waals surface area (Å²) in [5, 5.41) is 10.2. The van der Waals surface area contributed by atoms with Gasteiger partial charge in [-0.05, 0) is 30.2 Å². The number of carbonyl (C=O) groups is 1. The molecule has 1 aromatic heterocycles. The van der Waals surface area contributed by atoms with Crippen LogP contribution in [0.2, 0.25) is 0 Å². The maximum atomic E-state index is 13.0. The van der Waals surface area contributed by atoms with E-state index in [-0.39, 0.29) is 12.7 Å². The van der Waals surface area contributed by atoms with Gasteiger partial charge < -0.3 is 19.5 Å². The second kappa shape index (κ2) is 8.41. The van der Waals surface area contributed by atoms with Crippen molar-refractivity contribution in [3.63, 3.8) is 0 Å². The van der Waals surface area contributed by atoms with E-state index in [2.05, 4.69) is 32.5 Å². The molecule has 5 rings (SSSR count). The minimum Gasteiger partial charge on any atom is -0.454 e. The molecule has 2 aliphatic rings. The molecule has 8 nitrogen and oxygen atoms in total. The van der Waals surface area contributed by atoms with Crippen molar-refractivity contribution < 1.29 is 19.0 Å². The first-order chi connectivity index (χ1) is 15.2. The predicted molar refractivity (Wildman–Crippen MR) is 115 cm³/mol. The standard InChI is InChI=1S/C23H24N4O4/c1-15-21(17-7-8-18-19(11-17)31-14-30-18)22(26-25-15)24-23(28)20-13-27(9-10-29-20)12-16-5-3-2-4-6-16/h2-8,11,20H,9-10,12-14H2,1H3,(H2,24,25,26,28)/t20-/m1/s1. The van der Waals surface area contributed by atoms with Gasteiger partial charge in [-0.3, -0.25) is 14.8 Å². The Bertz CT molecular complexity index is 1080. The van der Waals surface area contributed by atoms with Crippen LogP contribution in [0.15, 0.2) is 48.5 Å². The summed E-state index contributed by atoms with van der Waals surface area (Å²) in [4.78, 5) is 15.2. The van der Waals surface area contributed by atoms with Gasteiger partial charge in [-0.1, -0.05) is 36.4 Å². The van der Waals surface area contributed by atoms with Crippen LogP contribution >= 0.6 is 0 Å². The highest BCUT2D eigenvalue weighted by molar-refractivity contribution is 5.97. The number of anilines is 1. The number of H-pyrrole nitrogens is 1. The number of carbonyl (C=O) groups excluding carboxylic acids is 1. The first kappa shape index (κ1) is 19.6. The molecule has 8 heteroatoms. The number of aromatic nitrogens is 2. The van der Waals surface area contributed by atoms with Crippen molar-refractivity contribution in [1.29, 1.82) is 0 Å². The molecule has 2 aromatic carbocycles. The zero-order valence-corrected chi connectivity index (χ0v) is 17.3. The Morgan fingerprint density at radius 2 is 2.03 bits per heavy atom. The molecule has 0 bridgehead atoms. The zero-order chi connectivity index (χ0) is 21.2. The van der Waals surface area contributed by atoms with Crippen LogP contribution in [0.1, 0.15) is 11.3 Å². The van der Waals surface area contributed by atoms with Crippen molar-refractivity contribution >= 4 is 11.7 Å². The van der Waals surface area contributed by atoms with E-state index in [0.29, 0.717) is 30.5 Å². The molecular formula is C23H24N4O4. The Hall–Kier alpha value is -3.36. The van der Waals surface area contributed by atoms with Crippen molar-refractivity contribution in [3.05, 3.63) is 59.8 Å². The molecule has 0 spiro atoms. The molecule has 1 saturated heterocycles. The average Bonchev–Trinajstić information content (AvgIpc) is 3.40. The molecule has 2 N–H and O–H groups in total. The van der Waals surface area contributed by atoms with Gasteiger partial charge in [-0.15, -0.1) is 0 Å². The SMILES string of the molecule is Cc1[nH]nc(NC(=O)[C@H]2CN(Cc3ccccc3)CCO2)c1-c1ccc2c(c1)OCO2. The molecular weight excluding hydrogens is 396 g/mol. The number of hydrogen-bond acceptors (Lipinski definition) is 6. The van der Waals surface area contributed by atoms with E-state index in [1.165, 1.54) is 5.56 Å². The quantitative estimate of drug-likeness (QED) is 0.660. The third-order valence-corrected chi connectivity index (χ3v) is 5.54. The molecule has 1 amide bonds. The van der Waals surface area contributed by atoms with Crippen LogP contribution in [0.3, 0.4) is 0 Å². The third-order valence-electron chi connectivity index (χ3n) is 5.54. The lowest BCUT2D eigenvalue weighted by atomic mass is 10.0. The maximum absolute atomic E-state index is 13.0. The van der Waals surface area contributed by atoms with Crippen LogP contribution in [-0.4, -0.2) is 53.6 Å². The fourth-order valence-corrected chi connectivity index (χ4v) is 3.97. The molecule has 31 heavy (non-hydrogen) atoms. The Labute approximate surface area is 180 Å². The second-order valence-electron chi connectivity index (χ2n) is 7.71. The zero-order valence-electron chi connectivity index (χ0n) is 17.3. The van der Waals surface area contributed by atoms with Crippen LogP contribution in [-0.2, 0) is 16.1 Å². The molecule has 2 aliphatic heterocycles.